The van der Waals surface area contributed by atoms with Gasteiger partial charge >= 0.3 is 12.2 Å². The Labute approximate surface area is 260 Å². The SMILES string of the molecule is CC(C)(C)OC(=O)N1CCN(C(=O)c2cn(C(=O)OC(C)(C)C)c3cc(NS(=O)(=O)c4cc(Cl)cc(Cl)c4)ccc23)CC1. The molecule has 2 aromatic carbocycles. The standard InChI is InChI=1S/C29H34Cl2N4O7S/c1-28(2,3)41-26(37)34-11-9-33(10-12-34)25(36)23-17-35(27(38)42-29(4,5)6)24-16-20(7-8-22(23)24)32-43(39,40)21-14-18(30)13-19(31)15-21/h7-8,13-17,32H,9-12H2,1-6H3. The minimum atomic E-state index is -4.10. The monoisotopic (exact) mass is 652 g/mol. The molecule has 0 spiro atoms. The molecule has 14 heteroatoms. The van der Waals surface area contributed by atoms with E-state index >= 15 is 0 Å². The molecule has 0 atom stereocenters. The Hall–Kier alpha value is -3.48. The van der Waals surface area contributed by atoms with E-state index in [1.54, 1.807) is 57.4 Å². The number of amides is 2. The van der Waals surface area contributed by atoms with Crippen LogP contribution in [0.1, 0.15) is 51.9 Å². The summed E-state index contributed by atoms with van der Waals surface area (Å²) in [7, 11) is -4.10. The van der Waals surface area contributed by atoms with Gasteiger partial charge in [-0.15, -0.1) is 0 Å². The summed E-state index contributed by atoms with van der Waals surface area (Å²) in [5.41, 5.74) is -0.851. The Morgan fingerprint density at radius 1 is 0.791 bits per heavy atom. The van der Waals surface area contributed by atoms with Gasteiger partial charge in [0.25, 0.3) is 15.9 Å². The lowest BCUT2D eigenvalue weighted by atomic mass is 10.1. The fourth-order valence-electron chi connectivity index (χ4n) is 4.41. The van der Waals surface area contributed by atoms with Crippen LogP contribution in [0.25, 0.3) is 10.9 Å². The van der Waals surface area contributed by atoms with Gasteiger partial charge in [0.05, 0.1) is 21.7 Å². The van der Waals surface area contributed by atoms with Crippen LogP contribution in [-0.4, -0.2) is 78.3 Å². The molecule has 2 amide bonds. The number of anilines is 1. The summed E-state index contributed by atoms with van der Waals surface area (Å²) in [6.45, 7) is 11.6. The van der Waals surface area contributed by atoms with Crippen molar-refractivity contribution in [2.45, 2.75) is 57.6 Å². The van der Waals surface area contributed by atoms with E-state index < -0.39 is 33.4 Å². The number of halogens is 2. The van der Waals surface area contributed by atoms with Crippen molar-refractivity contribution >= 4 is 67.9 Å². The molecule has 0 unspecified atom stereocenters. The van der Waals surface area contributed by atoms with Crippen LogP contribution in [-0.2, 0) is 19.5 Å². The zero-order valence-corrected chi connectivity index (χ0v) is 27.1. The molecule has 1 aromatic heterocycles. The quantitative estimate of drug-likeness (QED) is 0.354. The topological polar surface area (TPSA) is 127 Å². The van der Waals surface area contributed by atoms with E-state index in [1.807, 2.05) is 0 Å². The van der Waals surface area contributed by atoms with E-state index in [2.05, 4.69) is 4.72 Å². The molecule has 1 aliphatic rings. The number of ether oxygens (including phenoxy) is 2. The Morgan fingerprint density at radius 3 is 1.88 bits per heavy atom. The third kappa shape index (κ3) is 7.92. The molecule has 0 aliphatic carbocycles. The molecule has 0 saturated carbocycles. The first-order valence-corrected chi connectivity index (χ1v) is 15.7. The second-order valence-electron chi connectivity index (χ2n) is 12.1. The maximum Gasteiger partial charge on any atom is 0.419 e. The summed E-state index contributed by atoms with van der Waals surface area (Å²) in [6, 6.07) is 8.43. The van der Waals surface area contributed by atoms with Crippen molar-refractivity contribution in [3.63, 3.8) is 0 Å². The summed E-state index contributed by atoms with van der Waals surface area (Å²) in [5, 5.41) is 0.716. The summed E-state index contributed by atoms with van der Waals surface area (Å²) in [4.78, 5) is 42.4. The van der Waals surface area contributed by atoms with Gasteiger partial charge in [-0.1, -0.05) is 23.2 Å². The first-order chi connectivity index (χ1) is 19.8. The van der Waals surface area contributed by atoms with Gasteiger partial charge < -0.3 is 19.3 Å². The molecule has 43 heavy (non-hydrogen) atoms. The van der Waals surface area contributed by atoms with Crippen molar-refractivity contribution in [1.29, 1.82) is 0 Å². The van der Waals surface area contributed by atoms with E-state index in [-0.39, 0.29) is 63.8 Å². The molecule has 1 saturated heterocycles. The number of sulfonamides is 1. The lowest BCUT2D eigenvalue weighted by molar-refractivity contribution is 0.0140. The molecule has 1 aliphatic heterocycles. The molecule has 4 rings (SSSR count). The molecule has 1 N–H and O–H groups in total. The van der Waals surface area contributed by atoms with Crippen LogP contribution < -0.4 is 4.72 Å². The molecule has 2 heterocycles. The van der Waals surface area contributed by atoms with Crippen LogP contribution in [0.5, 0.6) is 0 Å². The number of piperazine rings is 1. The van der Waals surface area contributed by atoms with E-state index in [9.17, 15) is 22.8 Å². The van der Waals surface area contributed by atoms with Crippen molar-refractivity contribution in [2.75, 3.05) is 30.9 Å². The number of rotatable bonds is 4. The number of nitrogens with one attached hydrogen (secondary N) is 1. The fraction of sp³-hybridized carbons (Fsp3) is 0.414. The predicted molar refractivity (Wildman–Crippen MR) is 165 cm³/mol. The Kier molecular flexibility index (Phi) is 8.97. The molecule has 11 nitrogen and oxygen atoms in total. The summed E-state index contributed by atoms with van der Waals surface area (Å²) >= 11 is 12.0. The van der Waals surface area contributed by atoms with Crippen LogP contribution in [0.4, 0.5) is 15.3 Å². The first kappa shape index (κ1) is 32.4. The number of nitrogens with zero attached hydrogens (tertiary/aromatic N) is 3. The summed E-state index contributed by atoms with van der Waals surface area (Å²) in [6.07, 6.45) is 0.195. The minimum absolute atomic E-state index is 0.136. The lowest BCUT2D eigenvalue weighted by Gasteiger charge is -2.35. The summed E-state index contributed by atoms with van der Waals surface area (Å²) in [5.74, 6) is -0.349. The van der Waals surface area contributed by atoms with Gasteiger partial charge in [0, 0.05) is 47.8 Å². The Balaban J connectivity index is 1.65. The lowest BCUT2D eigenvalue weighted by Crippen LogP contribution is -2.51. The number of fused-ring (bicyclic) bond motifs is 1. The van der Waals surface area contributed by atoms with Crippen molar-refractivity contribution in [3.8, 4) is 0 Å². The van der Waals surface area contributed by atoms with Crippen LogP contribution in [0.15, 0.2) is 47.5 Å². The van der Waals surface area contributed by atoms with Gasteiger partial charge in [0.1, 0.15) is 11.2 Å². The number of benzene rings is 2. The molecule has 0 bridgehead atoms. The van der Waals surface area contributed by atoms with Crippen LogP contribution in [0.2, 0.25) is 10.0 Å². The average Bonchev–Trinajstić information content (AvgIpc) is 3.24. The second kappa shape index (κ2) is 11.9. The van der Waals surface area contributed by atoms with Crippen molar-refractivity contribution < 1.29 is 32.3 Å². The van der Waals surface area contributed by atoms with Gasteiger partial charge in [-0.2, -0.15) is 0 Å². The average molecular weight is 654 g/mol. The van der Waals surface area contributed by atoms with E-state index in [0.29, 0.717) is 5.39 Å². The van der Waals surface area contributed by atoms with Crippen molar-refractivity contribution in [3.05, 3.63) is 58.2 Å². The molecular weight excluding hydrogens is 619 g/mol. The van der Waals surface area contributed by atoms with Gasteiger partial charge in [0.15, 0.2) is 0 Å². The normalized spacial score (nSPS) is 14.5. The van der Waals surface area contributed by atoms with Gasteiger partial charge in [0.2, 0.25) is 0 Å². The maximum absolute atomic E-state index is 13.7. The zero-order valence-electron chi connectivity index (χ0n) is 24.7. The smallest absolute Gasteiger partial charge is 0.419 e. The van der Waals surface area contributed by atoms with Crippen LogP contribution in [0.3, 0.4) is 0 Å². The van der Waals surface area contributed by atoms with Crippen LogP contribution in [0, 0.1) is 0 Å². The number of hydrogen-bond acceptors (Lipinski definition) is 7. The molecular formula is C29H34Cl2N4O7S. The highest BCUT2D eigenvalue weighted by atomic mass is 35.5. The molecule has 232 valence electrons. The van der Waals surface area contributed by atoms with Crippen LogP contribution >= 0.6 is 23.2 Å². The van der Waals surface area contributed by atoms with Gasteiger partial charge in [-0.05, 0) is 77.9 Å². The molecule has 0 radical (unpaired) electrons. The maximum atomic E-state index is 13.7. The first-order valence-electron chi connectivity index (χ1n) is 13.5. The number of aromatic nitrogens is 1. The molecule has 1 fully saturated rings. The second-order valence-corrected chi connectivity index (χ2v) is 14.7. The Bertz CT molecular complexity index is 1660. The summed E-state index contributed by atoms with van der Waals surface area (Å²) < 4.78 is 40.8. The number of carbonyl (C=O) groups is 3. The highest BCUT2D eigenvalue weighted by molar-refractivity contribution is 7.92. The highest BCUT2D eigenvalue weighted by Crippen LogP contribution is 2.30. The number of hydrogen-bond donors (Lipinski definition) is 1. The molecule has 3 aromatic rings. The third-order valence-electron chi connectivity index (χ3n) is 6.24. The number of carbonyl (C=O) groups excluding carboxylic acids is 3. The van der Waals surface area contributed by atoms with Crippen molar-refractivity contribution in [1.82, 2.24) is 14.4 Å². The van der Waals surface area contributed by atoms with E-state index in [0.717, 1.165) is 0 Å². The van der Waals surface area contributed by atoms with Crippen molar-refractivity contribution in [2.24, 2.45) is 0 Å². The minimum Gasteiger partial charge on any atom is -0.444 e. The Morgan fingerprint density at radius 2 is 1.33 bits per heavy atom. The zero-order chi connectivity index (χ0) is 31.9. The predicted octanol–water partition coefficient (Wildman–Crippen LogP) is 6.23. The van der Waals surface area contributed by atoms with E-state index in [4.69, 9.17) is 32.7 Å². The third-order valence-corrected chi connectivity index (χ3v) is 8.04. The van der Waals surface area contributed by atoms with Gasteiger partial charge in [-0.25, -0.2) is 18.0 Å². The van der Waals surface area contributed by atoms with Gasteiger partial charge in [-0.3, -0.25) is 14.1 Å². The fourth-order valence-corrected chi connectivity index (χ4v) is 6.18. The highest BCUT2D eigenvalue weighted by Gasteiger charge is 2.31. The largest absolute Gasteiger partial charge is 0.444 e. The van der Waals surface area contributed by atoms with E-state index in [1.165, 1.54) is 41.1 Å².